The van der Waals surface area contributed by atoms with E-state index in [0.717, 1.165) is 12.0 Å². The average Bonchev–Trinajstić information content (AvgIpc) is 2.93. The van der Waals surface area contributed by atoms with Gasteiger partial charge in [-0.05, 0) is 19.3 Å². The first-order chi connectivity index (χ1) is 9.16. The monoisotopic (exact) mass is 264 g/mol. The fourth-order valence-electron chi connectivity index (χ4n) is 2.79. The van der Waals surface area contributed by atoms with E-state index in [1.165, 1.54) is 32.1 Å². The molecule has 1 amide bonds. The Kier molecular flexibility index (Phi) is 4.96. The summed E-state index contributed by atoms with van der Waals surface area (Å²) < 4.78 is 0. The number of nitrogens with two attached hydrogens (primary N) is 1. The van der Waals surface area contributed by atoms with Gasteiger partial charge in [0.1, 0.15) is 0 Å². The van der Waals surface area contributed by atoms with E-state index in [-0.39, 0.29) is 11.9 Å². The molecule has 19 heavy (non-hydrogen) atoms. The molecule has 0 spiro atoms. The molecule has 0 aromatic carbocycles. The molecule has 0 saturated heterocycles. The lowest BCUT2D eigenvalue weighted by Crippen LogP contribution is -2.42. The Bertz CT molecular complexity index is 384. The fourth-order valence-corrected chi connectivity index (χ4v) is 2.79. The molecule has 106 valence electrons. The highest BCUT2D eigenvalue weighted by molar-refractivity contribution is 5.81. The van der Waals surface area contributed by atoms with Gasteiger partial charge in [0.25, 0.3) is 0 Å². The summed E-state index contributed by atoms with van der Waals surface area (Å²) in [6, 6.07) is -0.443. The van der Waals surface area contributed by atoms with E-state index >= 15 is 0 Å². The fraction of sp³-hybridized carbons (Fsp3) is 0.714. The molecule has 0 radical (unpaired) electrons. The van der Waals surface area contributed by atoms with Gasteiger partial charge in [-0.1, -0.05) is 32.1 Å². The van der Waals surface area contributed by atoms with E-state index in [1.54, 1.807) is 12.4 Å². The Labute approximate surface area is 114 Å². The van der Waals surface area contributed by atoms with Gasteiger partial charge in [-0.2, -0.15) is 5.10 Å². The lowest BCUT2D eigenvalue weighted by Gasteiger charge is -2.24. The zero-order chi connectivity index (χ0) is 13.7. The van der Waals surface area contributed by atoms with Crippen LogP contribution in [0.3, 0.4) is 0 Å². The Hall–Kier alpha value is -1.36. The SMILES string of the molecule is CC(NC(=O)C(N)CC1CCCCC1)c1cn[nH]c1. The highest BCUT2D eigenvalue weighted by Gasteiger charge is 2.22. The Balaban J connectivity index is 1.78. The van der Waals surface area contributed by atoms with Gasteiger partial charge in [-0.25, -0.2) is 0 Å². The largest absolute Gasteiger partial charge is 0.348 e. The van der Waals surface area contributed by atoms with Gasteiger partial charge in [-0.15, -0.1) is 0 Å². The second-order valence-electron chi connectivity index (χ2n) is 5.61. The normalized spacial score (nSPS) is 19.9. The molecular formula is C14H24N4O. The van der Waals surface area contributed by atoms with Crippen molar-refractivity contribution in [1.82, 2.24) is 15.5 Å². The van der Waals surface area contributed by atoms with Crippen LogP contribution in [0.25, 0.3) is 0 Å². The lowest BCUT2D eigenvalue weighted by molar-refractivity contribution is -0.123. The van der Waals surface area contributed by atoms with Crippen LogP contribution in [0.2, 0.25) is 0 Å². The highest BCUT2D eigenvalue weighted by atomic mass is 16.2. The molecule has 1 aromatic heterocycles. The third-order valence-electron chi connectivity index (χ3n) is 4.03. The quantitative estimate of drug-likeness (QED) is 0.759. The van der Waals surface area contributed by atoms with Gasteiger partial charge >= 0.3 is 0 Å². The number of aromatic nitrogens is 2. The first-order valence-electron chi connectivity index (χ1n) is 7.21. The molecule has 1 aromatic rings. The van der Waals surface area contributed by atoms with E-state index in [4.69, 9.17) is 5.73 Å². The van der Waals surface area contributed by atoms with Crippen molar-refractivity contribution < 1.29 is 4.79 Å². The van der Waals surface area contributed by atoms with Crippen LogP contribution < -0.4 is 11.1 Å². The molecule has 1 saturated carbocycles. The van der Waals surface area contributed by atoms with E-state index in [0.29, 0.717) is 5.92 Å². The second kappa shape index (κ2) is 6.70. The van der Waals surface area contributed by atoms with E-state index in [9.17, 15) is 4.79 Å². The van der Waals surface area contributed by atoms with E-state index in [1.807, 2.05) is 6.92 Å². The van der Waals surface area contributed by atoms with Crippen molar-refractivity contribution in [1.29, 1.82) is 0 Å². The summed E-state index contributed by atoms with van der Waals surface area (Å²) in [6.07, 6.45) is 10.7. The van der Waals surface area contributed by atoms with Crippen LogP contribution in [-0.4, -0.2) is 22.1 Å². The molecule has 5 nitrogen and oxygen atoms in total. The maximum absolute atomic E-state index is 12.1. The van der Waals surface area contributed by atoms with Crippen molar-refractivity contribution in [3.8, 4) is 0 Å². The summed E-state index contributed by atoms with van der Waals surface area (Å²) in [7, 11) is 0. The summed E-state index contributed by atoms with van der Waals surface area (Å²) in [5, 5.41) is 9.58. The van der Waals surface area contributed by atoms with Crippen LogP contribution >= 0.6 is 0 Å². The first-order valence-corrected chi connectivity index (χ1v) is 7.21. The predicted molar refractivity (Wildman–Crippen MR) is 74.3 cm³/mol. The maximum atomic E-state index is 12.1. The molecule has 2 atom stereocenters. The third kappa shape index (κ3) is 4.06. The number of aromatic amines is 1. The molecule has 1 aliphatic carbocycles. The highest BCUT2D eigenvalue weighted by Crippen LogP contribution is 2.27. The molecule has 1 fully saturated rings. The van der Waals surface area contributed by atoms with Gasteiger partial charge in [0.2, 0.25) is 5.91 Å². The number of carbonyl (C=O) groups excluding carboxylic acids is 1. The summed E-state index contributed by atoms with van der Waals surface area (Å²) in [4.78, 5) is 12.1. The molecule has 4 N–H and O–H groups in total. The van der Waals surface area contributed by atoms with Crippen molar-refractivity contribution in [3.63, 3.8) is 0 Å². The van der Waals surface area contributed by atoms with Crippen LogP contribution in [0.15, 0.2) is 12.4 Å². The van der Waals surface area contributed by atoms with Gasteiger partial charge in [0, 0.05) is 11.8 Å². The first kappa shape index (κ1) is 14.1. The van der Waals surface area contributed by atoms with Crippen molar-refractivity contribution in [2.45, 2.75) is 57.5 Å². The van der Waals surface area contributed by atoms with Crippen LogP contribution in [0, 0.1) is 5.92 Å². The molecule has 2 rings (SSSR count). The third-order valence-corrected chi connectivity index (χ3v) is 4.03. The Morgan fingerprint density at radius 1 is 1.53 bits per heavy atom. The van der Waals surface area contributed by atoms with Gasteiger partial charge in [-0.3, -0.25) is 9.89 Å². The molecule has 1 heterocycles. The topological polar surface area (TPSA) is 83.8 Å². The lowest BCUT2D eigenvalue weighted by atomic mass is 9.85. The Morgan fingerprint density at radius 3 is 2.89 bits per heavy atom. The number of H-pyrrole nitrogens is 1. The summed E-state index contributed by atoms with van der Waals surface area (Å²) in [6.45, 7) is 1.94. The predicted octanol–water partition coefficient (Wildman–Crippen LogP) is 1.88. The van der Waals surface area contributed by atoms with Crippen LogP contribution in [0.5, 0.6) is 0 Å². The number of rotatable bonds is 5. The van der Waals surface area contributed by atoms with Crippen LogP contribution in [0.1, 0.15) is 57.1 Å². The Morgan fingerprint density at radius 2 is 2.26 bits per heavy atom. The van der Waals surface area contributed by atoms with Crippen molar-refractivity contribution in [2.24, 2.45) is 11.7 Å². The summed E-state index contributed by atoms with van der Waals surface area (Å²) >= 11 is 0. The number of nitrogens with zero attached hydrogens (tertiary/aromatic N) is 1. The molecule has 2 unspecified atom stereocenters. The van der Waals surface area contributed by atoms with Gasteiger partial charge in [0.05, 0.1) is 18.3 Å². The molecule has 0 aliphatic heterocycles. The van der Waals surface area contributed by atoms with Gasteiger partial charge < -0.3 is 11.1 Å². The van der Waals surface area contributed by atoms with Crippen molar-refractivity contribution >= 4 is 5.91 Å². The van der Waals surface area contributed by atoms with Gasteiger partial charge in [0.15, 0.2) is 0 Å². The van der Waals surface area contributed by atoms with Crippen molar-refractivity contribution in [3.05, 3.63) is 18.0 Å². The minimum atomic E-state index is -0.391. The molecule has 5 heteroatoms. The minimum Gasteiger partial charge on any atom is -0.348 e. The van der Waals surface area contributed by atoms with Crippen LogP contribution in [0.4, 0.5) is 0 Å². The summed E-state index contributed by atoms with van der Waals surface area (Å²) in [5.74, 6) is 0.568. The average molecular weight is 264 g/mol. The van der Waals surface area contributed by atoms with E-state index in [2.05, 4.69) is 15.5 Å². The van der Waals surface area contributed by atoms with Crippen LogP contribution in [-0.2, 0) is 4.79 Å². The number of carbonyl (C=O) groups is 1. The summed E-state index contributed by atoms with van der Waals surface area (Å²) in [5.41, 5.74) is 6.98. The number of nitrogens with one attached hydrogen (secondary N) is 2. The number of amides is 1. The molecule has 1 aliphatic rings. The zero-order valence-corrected chi connectivity index (χ0v) is 11.6. The number of hydrogen-bond donors (Lipinski definition) is 3. The maximum Gasteiger partial charge on any atom is 0.237 e. The minimum absolute atomic E-state index is 0.0522. The standard InChI is InChI=1S/C14H24N4O/c1-10(12-8-16-17-9-12)18-14(19)13(15)7-11-5-3-2-4-6-11/h8-11,13H,2-7,15H2,1H3,(H,16,17)(H,18,19). The van der Waals surface area contributed by atoms with Crippen molar-refractivity contribution in [2.75, 3.05) is 0 Å². The molecular weight excluding hydrogens is 240 g/mol. The zero-order valence-electron chi connectivity index (χ0n) is 11.6. The number of hydrogen-bond acceptors (Lipinski definition) is 3. The van der Waals surface area contributed by atoms with E-state index < -0.39 is 6.04 Å². The molecule has 0 bridgehead atoms. The second-order valence-corrected chi connectivity index (χ2v) is 5.61. The smallest absolute Gasteiger partial charge is 0.237 e.